The summed E-state index contributed by atoms with van der Waals surface area (Å²) in [5.41, 5.74) is 1.18. The Kier molecular flexibility index (Phi) is 6.97. The molecule has 4 bridgehead atoms. The van der Waals surface area contributed by atoms with Crippen molar-refractivity contribution in [2.75, 3.05) is 26.3 Å². The summed E-state index contributed by atoms with van der Waals surface area (Å²) < 4.78 is 19.5. The third-order valence-electron chi connectivity index (χ3n) is 7.57. The third-order valence-corrected chi connectivity index (χ3v) is 7.57. The maximum Gasteiger partial charge on any atom is 0.293 e. The molecule has 4 aliphatic rings. The summed E-state index contributed by atoms with van der Waals surface area (Å²) >= 11 is 0. The molecule has 5 heterocycles. The van der Waals surface area contributed by atoms with Crippen LogP contribution in [0, 0.1) is 5.92 Å². The molecule has 8 rings (SSSR count). The highest BCUT2D eigenvalue weighted by Gasteiger charge is 2.39. The maximum absolute atomic E-state index is 13.6. The van der Waals surface area contributed by atoms with Crippen LogP contribution in [-0.2, 0) is 11.3 Å². The van der Waals surface area contributed by atoms with E-state index in [-0.39, 0.29) is 31.4 Å². The van der Waals surface area contributed by atoms with Crippen LogP contribution in [0.5, 0.6) is 17.2 Å². The van der Waals surface area contributed by atoms with Gasteiger partial charge in [0, 0.05) is 37.1 Å². The zero-order chi connectivity index (χ0) is 29.3. The summed E-state index contributed by atoms with van der Waals surface area (Å²) in [5.74, 6) is 1.12. The predicted molar refractivity (Wildman–Crippen MR) is 151 cm³/mol. The highest BCUT2D eigenvalue weighted by Crippen LogP contribution is 2.31. The third kappa shape index (κ3) is 6.05. The smallest absolute Gasteiger partial charge is 0.293 e. The molecule has 1 saturated carbocycles. The second-order valence-corrected chi connectivity index (χ2v) is 10.9. The van der Waals surface area contributed by atoms with Gasteiger partial charge in [0.15, 0.2) is 6.61 Å². The highest BCUT2D eigenvalue weighted by molar-refractivity contribution is 5.96. The molecular weight excluding hydrogens is 554 g/mol. The van der Waals surface area contributed by atoms with Gasteiger partial charge in [-0.1, -0.05) is 12.1 Å². The van der Waals surface area contributed by atoms with Crippen molar-refractivity contribution in [3.8, 4) is 17.2 Å². The van der Waals surface area contributed by atoms with Crippen molar-refractivity contribution in [2.24, 2.45) is 5.92 Å². The van der Waals surface area contributed by atoms with Crippen LogP contribution >= 0.6 is 0 Å². The van der Waals surface area contributed by atoms with E-state index in [0.29, 0.717) is 47.7 Å². The Morgan fingerprint density at radius 1 is 1.07 bits per heavy atom. The van der Waals surface area contributed by atoms with Crippen molar-refractivity contribution in [3.05, 3.63) is 77.9 Å². The largest absolute Gasteiger partial charge is 0.493 e. The average molecular weight is 584 g/mol. The molecule has 0 spiro atoms. The second kappa shape index (κ2) is 11.2. The van der Waals surface area contributed by atoms with Crippen LogP contribution in [0.2, 0.25) is 0 Å². The number of amides is 3. The lowest BCUT2D eigenvalue weighted by molar-refractivity contribution is -0.123. The van der Waals surface area contributed by atoms with Crippen LogP contribution in [0.4, 0.5) is 0 Å². The van der Waals surface area contributed by atoms with Gasteiger partial charge in [-0.2, -0.15) is 4.98 Å². The molecule has 2 N–H and O–H groups in total. The molecule has 13 heteroatoms. The fraction of sp³-hybridized carbons (Fsp3) is 0.333. The van der Waals surface area contributed by atoms with E-state index in [1.54, 1.807) is 53.7 Å². The summed E-state index contributed by atoms with van der Waals surface area (Å²) in [4.78, 5) is 49.5. The van der Waals surface area contributed by atoms with E-state index < -0.39 is 24.0 Å². The lowest BCUT2D eigenvalue weighted by atomic mass is 10.1. The van der Waals surface area contributed by atoms with Crippen molar-refractivity contribution in [2.45, 2.75) is 31.5 Å². The molecule has 0 unspecified atom stereocenters. The number of carbonyl (C=O) groups is 3. The molecule has 2 aromatic carbocycles. The van der Waals surface area contributed by atoms with Crippen LogP contribution in [-0.4, -0.2) is 80.7 Å². The molecule has 2 fully saturated rings. The quantitative estimate of drug-likeness (QED) is 0.366. The van der Waals surface area contributed by atoms with Crippen LogP contribution in [0.25, 0.3) is 5.78 Å². The van der Waals surface area contributed by atoms with E-state index in [2.05, 4.69) is 25.7 Å². The van der Waals surface area contributed by atoms with Gasteiger partial charge in [-0.05, 0) is 54.7 Å². The number of hydrogen-bond donors (Lipinski definition) is 2. The first-order valence-corrected chi connectivity index (χ1v) is 14.2. The number of hydrogen-bond acceptors (Lipinski definition) is 9. The number of nitrogens with one attached hydrogen (secondary N) is 2. The minimum Gasteiger partial charge on any atom is -0.493 e. The molecule has 0 radical (unpaired) electrons. The van der Waals surface area contributed by atoms with E-state index in [4.69, 9.17) is 14.2 Å². The molecular formula is C30H29N7O6. The molecule has 43 heavy (non-hydrogen) atoms. The van der Waals surface area contributed by atoms with Gasteiger partial charge < -0.3 is 29.7 Å². The van der Waals surface area contributed by atoms with Crippen molar-refractivity contribution in [1.82, 2.24) is 35.1 Å². The van der Waals surface area contributed by atoms with Crippen LogP contribution < -0.4 is 24.8 Å². The Hall–Kier alpha value is -5.20. The minimum absolute atomic E-state index is 0.00702. The number of likely N-dealkylation sites (tertiary alicyclic amines) is 1. The molecule has 2 aromatic heterocycles. The van der Waals surface area contributed by atoms with E-state index in [1.165, 1.54) is 4.52 Å². The minimum atomic E-state index is -0.561. The number of nitrogens with zero attached hydrogens (tertiary/aromatic N) is 5. The van der Waals surface area contributed by atoms with Crippen molar-refractivity contribution < 1.29 is 28.6 Å². The Balaban J connectivity index is 1.17. The molecule has 1 aliphatic carbocycles. The second-order valence-electron chi connectivity index (χ2n) is 10.9. The highest BCUT2D eigenvalue weighted by atomic mass is 16.5. The first-order valence-electron chi connectivity index (χ1n) is 14.2. The Labute approximate surface area is 246 Å². The molecule has 3 amide bonds. The van der Waals surface area contributed by atoms with Crippen molar-refractivity contribution >= 4 is 23.5 Å². The summed E-state index contributed by atoms with van der Waals surface area (Å²) in [6.45, 7) is 1.01. The number of ether oxygens (including phenoxy) is 3. The summed E-state index contributed by atoms with van der Waals surface area (Å²) in [6, 6.07) is 13.3. The normalized spacial score (nSPS) is 20.4. The SMILES string of the molecule is O=C1COc2cc(OCC3CC3)cc(c2)C(=O)N[C@H]2CN(C(=O)c3nc4ncccn4n3)C[C@@H]2Oc2ccc(cc2)CN1. The van der Waals surface area contributed by atoms with Crippen LogP contribution in [0.3, 0.4) is 0 Å². The Morgan fingerprint density at radius 2 is 1.93 bits per heavy atom. The van der Waals surface area contributed by atoms with Gasteiger partial charge in [-0.15, -0.1) is 5.10 Å². The van der Waals surface area contributed by atoms with Gasteiger partial charge in [-0.3, -0.25) is 14.4 Å². The molecule has 220 valence electrons. The summed E-state index contributed by atoms with van der Waals surface area (Å²) in [5, 5.41) is 10.1. The molecule has 13 nitrogen and oxygen atoms in total. The van der Waals surface area contributed by atoms with E-state index in [9.17, 15) is 14.4 Å². The number of aromatic nitrogens is 4. The van der Waals surface area contributed by atoms with E-state index in [0.717, 1.165) is 18.4 Å². The molecule has 3 aliphatic heterocycles. The fourth-order valence-corrected chi connectivity index (χ4v) is 5.04. The predicted octanol–water partition coefficient (Wildman–Crippen LogP) is 1.62. The number of rotatable bonds is 4. The average Bonchev–Trinajstić information content (AvgIpc) is 3.62. The Morgan fingerprint density at radius 3 is 2.74 bits per heavy atom. The van der Waals surface area contributed by atoms with Gasteiger partial charge in [-0.25, -0.2) is 9.50 Å². The van der Waals surface area contributed by atoms with Crippen LogP contribution in [0.15, 0.2) is 60.9 Å². The maximum atomic E-state index is 13.6. The van der Waals surface area contributed by atoms with Gasteiger partial charge in [0.1, 0.15) is 23.4 Å². The topological polar surface area (TPSA) is 149 Å². The first-order chi connectivity index (χ1) is 21.0. The number of carbonyl (C=O) groups excluding carboxylic acids is 3. The molecule has 4 aromatic rings. The zero-order valence-electron chi connectivity index (χ0n) is 23.1. The van der Waals surface area contributed by atoms with Gasteiger partial charge in [0.05, 0.1) is 19.2 Å². The van der Waals surface area contributed by atoms with E-state index in [1.807, 2.05) is 12.1 Å². The summed E-state index contributed by atoms with van der Waals surface area (Å²) in [7, 11) is 0. The van der Waals surface area contributed by atoms with Gasteiger partial charge in [0.25, 0.3) is 23.5 Å². The lowest BCUT2D eigenvalue weighted by Gasteiger charge is -2.21. The van der Waals surface area contributed by atoms with Gasteiger partial charge in [0.2, 0.25) is 5.82 Å². The van der Waals surface area contributed by atoms with Crippen molar-refractivity contribution in [1.29, 1.82) is 0 Å². The lowest BCUT2D eigenvalue weighted by Crippen LogP contribution is -2.45. The number of benzene rings is 2. The standard InChI is InChI=1S/C30H29N7O6/c38-26-17-42-23-11-20(10-22(12-23)41-16-19-2-3-19)28(39)33-24-14-36(29(40)27-34-30-31-8-1-9-37(30)35-27)15-25(24)43-21-6-4-18(5-7-21)13-32-26/h1,4-12,19,24-25H,2-3,13-17H2,(H,32,38)(H,33,39)/t24-,25-/m0/s1. The van der Waals surface area contributed by atoms with Gasteiger partial charge >= 0.3 is 0 Å². The molecule has 2 atom stereocenters. The van der Waals surface area contributed by atoms with E-state index >= 15 is 0 Å². The first kappa shape index (κ1) is 26.7. The van der Waals surface area contributed by atoms with Crippen LogP contribution in [0.1, 0.15) is 39.4 Å². The Bertz CT molecular complexity index is 1650. The number of fused-ring (bicyclic) bond motifs is 8. The zero-order valence-corrected chi connectivity index (χ0v) is 23.1. The monoisotopic (exact) mass is 583 g/mol. The summed E-state index contributed by atoms with van der Waals surface area (Å²) in [6.07, 6.45) is 4.91. The molecule has 1 saturated heterocycles. The fourth-order valence-electron chi connectivity index (χ4n) is 5.04. The van der Waals surface area contributed by atoms with Crippen molar-refractivity contribution in [3.63, 3.8) is 0 Å².